The van der Waals surface area contributed by atoms with Crippen LogP contribution in [0.3, 0.4) is 0 Å². The molecule has 0 aliphatic heterocycles. The Balaban J connectivity index is 2.44. The molecule has 0 radical (unpaired) electrons. The normalized spacial score (nSPS) is 13.3. The van der Waals surface area contributed by atoms with Crippen molar-refractivity contribution in [2.45, 2.75) is 45.8 Å². The number of nitrogens with zero attached hydrogens (tertiary/aromatic N) is 3. The molecule has 0 saturated carbocycles. The molecule has 35 heavy (non-hydrogen) atoms. The van der Waals surface area contributed by atoms with Gasteiger partial charge in [0.25, 0.3) is 0 Å². The first-order valence-corrected chi connectivity index (χ1v) is 12.9. The van der Waals surface area contributed by atoms with E-state index >= 15 is 0 Å². The monoisotopic (exact) mass is 526 g/mol. The third-order valence-electron chi connectivity index (χ3n) is 5.54. The molecule has 2 aromatic carbocycles. The predicted octanol–water partition coefficient (Wildman–Crippen LogP) is 3.42. The first kappa shape index (κ1) is 28.5. The molecule has 0 fully saturated rings. The molecule has 192 valence electrons. The van der Waals surface area contributed by atoms with Crippen molar-refractivity contribution in [2.24, 2.45) is 0 Å². The van der Waals surface area contributed by atoms with E-state index in [1.807, 2.05) is 13.8 Å². The molecule has 0 aliphatic carbocycles. The second-order valence-corrected chi connectivity index (χ2v) is 10.9. The highest BCUT2D eigenvalue weighted by molar-refractivity contribution is 7.90. The van der Waals surface area contributed by atoms with E-state index in [1.165, 1.54) is 31.1 Å². The standard InChI is InChI=1S/C24H32ClFN4O4S/c1-6-17(2)27-24(32)18(3)29(15-19-8-7-9-20(25)14-19)23(31)16-30(35(33,34)28(4)5)22-12-10-21(26)11-13-22/h7-14,17-18H,6,15-16H2,1-5H3,(H,27,32)/t17-,18+/m0/s1. The Morgan fingerprint density at radius 1 is 1.09 bits per heavy atom. The van der Waals surface area contributed by atoms with Gasteiger partial charge in [-0.15, -0.1) is 0 Å². The number of hydrogen-bond acceptors (Lipinski definition) is 4. The molecular formula is C24H32ClFN4O4S. The number of hydrogen-bond donors (Lipinski definition) is 1. The van der Waals surface area contributed by atoms with Gasteiger partial charge in [-0.2, -0.15) is 12.7 Å². The summed E-state index contributed by atoms with van der Waals surface area (Å²) in [5.74, 6) is -1.51. The van der Waals surface area contributed by atoms with Crippen LogP contribution in [0.4, 0.5) is 10.1 Å². The quantitative estimate of drug-likeness (QED) is 0.486. The second kappa shape index (κ2) is 12.3. The zero-order valence-electron chi connectivity index (χ0n) is 20.5. The second-order valence-electron chi connectivity index (χ2n) is 8.42. The van der Waals surface area contributed by atoms with Crippen LogP contribution in [0.5, 0.6) is 0 Å². The van der Waals surface area contributed by atoms with Gasteiger partial charge >= 0.3 is 10.2 Å². The van der Waals surface area contributed by atoms with Gasteiger partial charge in [0, 0.05) is 31.7 Å². The van der Waals surface area contributed by atoms with E-state index in [0.717, 1.165) is 20.7 Å². The van der Waals surface area contributed by atoms with Crippen molar-refractivity contribution in [1.29, 1.82) is 0 Å². The maximum Gasteiger partial charge on any atom is 0.304 e. The Bertz CT molecular complexity index is 1130. The number of rotatable bonds is 11. The maximum atomic E-state index is 13.6. The lowest BCUT2D eigenvalue weighted by molar-refractivity contribution is -0.139. The minimum atomic E-state index is -4.11. The molecule has 11 heteroatoms. The van der Waals surface area contributed by atoms with E-state index in [1.54, 1.807) is 31.2 Å². The summed E-state index contributed by atoms with van der Waals surface area (Å²) in [6.07, 6.45) is 0.708. The molecular weight excluding hydrogens is 495 g/mol. The van der Waals surface area contributed by atoms with Crippen molar-refractivity contribution in [3.63, 3.8) is 0 Å². The summed E-state index contributed by atoms with van der Waals surface area (Å²) >= 11 is 6.10. The average molecular weight is 527 g/mol. The number of amides is 2. The van der Waals surface area contributed by atoms with Gasteiger partial charge in [0.05, 0.1) is 5.69 Å². The number of benzene rings is 2. The fourth-order valence-corrected chi connectivity index (χ4v) is 4.47. The van der Waals surface area contributed by atoms with Gasteiger partial charge in [0.2, 0.25) is 11.8 Å². The third kappa shape index (κ3) is 7.65. The topological polar surface area (TPSA) is 90.0 Å². The number of carbonyl (C=O) groups excluding carboxylic acids is 2. The zero-order chi connectivity index (χ0) is 26.3. The molecule has 2 atom stereocenters. The van der Waals surface area contributed by atoms with Crippen LogP contribution >= 0.6 is 11.6 Å². The molecule has 0 heterocycles. The molecule has 0 spiro atoms. The minimum Gasteiger partial charge on any atom is -0.352 e. The highest BCUT2D eigenvalue weighted by Crippen LogP contribution is 2.22. The highest BCUT2D eigenvalue weighted by atomic mass is 35.5. The van der Waals surface area contributed by atoms with Crippen LogP contribution in [-0.2, 0) is 26.3 Å². The van der Waals surface area contributed by atoms with Gasteiger partial charge in [0.1, 0.15) is 18.4 Å². The Morgan fingerprint density at radius 2 is 1.71 bits per heavy atom. The Labute approximate surface area is 211 Å². The largest absolute Gasteiger partial charge is 0.352 e. The van der Waals surface area contributed by atoms with Crippen LogP contribution in [0.25, 0.3) is 0 Å². The lowest BCUT2D eigenvalue weighted by Gasteiger charge is -2.33. The summed E-state index contributed by atoms with van der Waals surface area (Å²) in [4.78, 5) is 27.8. The predicted molar refractivity (Wildman–Crippen MR) is 136 cm³/mol. The van der Waals surface area contributed by atoms with Crippen molar-refractivity contribution in [1.82, 2.24) is 14.5 Å². The van der Waals surface area contributed by atoms with E-state index in [4.69, 9.17) is 11.6 Å². The van der Waals surface area contributed by atoms with Crippen LogP contribution in [0.15, 0.2) is 48.5 Å². The molecule has 2 rings (SSSR count). The Kier molecular flexibility index (Phi) is 10.1. The van der Waals surface area contributed by atoms with Crippen molar-refractivity contribution >= 4 is 39.3 Å². The summed E-state index contributed by atoms with van der Waals surface area (Å²) in [7, 11) is -1.44. The maximum absolute atomic E-state index is 13.6. The van der Waals surface area contributed by atoms with Crippen molar-refractivity contribution < 1.29 is 22.4 Å². The fourth-order valence-electron chi connectivity index (χ4n) is 3.20. The number of anilines is 1. The molecule has 2 amide bonds. The molecule has 0 unspecified atom stereocenters. The van der Waals surface area contributed by atoms with Gasteiger partial charge in [-0.05, 0) is 62.2 Å². The highest BCUT2D eigenvalue weighted by Gasteiger charge is 2.32. The molecule has 0 saturated heterocycles. The summed E-state index contributed by atoms with van der Waals surface area (Å²) in [6, 6.07) is 10.7. The van der Waals surface area contributed by atoms with Gasteiger partial charge in [-0.1, -0.05) is 30.7 Å². The lowest BCUT2D eigenvalue weighted by Crippen LogP contribution is -2.53. The van der Waals surface area contributed by atoms with Crippen molar-refractivity contribution in [3.05, 3.63) is 64.9 Å². The Hall–Kier alpha value is -2.69. The van der Waals surface area contributed by atoms with E-state index in [9.17, 15) is 22.4 Å². The molecule has 8 nitrogen and oxygen atoms in total. The third-order valence-corrected chi connectivity index (χ3v) is 7.60. The van der Waals surface area contributed by atoms with Crippen LogP contribution in [-0.4, -0.2) is 62.2 Å². The van der Waals surface area contributed by atoms with Gasteiger partial charge in [-0.25, -0.2) is 8.70 Å². The van der Waals surface area contributed by atoms with Gasteiger partial charge in [-0.3, -0.25) is 9.59 Å². The van der Waals surface area contributed by atoms with Crippen molar-refractivity contribution in [2.75, 3.05) is 24.9 Å². The minimum absolute atomic E-state index is 0.0355. The smallest absolute Gasteiger partial charge is 0.304 e. The molecule has 0 aliphatic rings. The summed E-state index contributed by atoms with van der Waals surface area (Å²) in [6.45, 7) is 4.81. The van der Waals surface area contributed by atoms with E-state index in [-0.39, 0.29) is 24.2 Å². The first-order valence-electron chi connectivity index (χ1n) is 11.2. The number of carbonyl (C=O) groups is 2. The van der Waals surface area contributed by atoms with Crippen LogP contribution in [0.2, 0.25) is 5.02 Å². The summed E-state index contributed by atoms with van der Waals surface area (Å²) < 4.78 is 41.5. The van der Waals surface area contributed by atoms with Crippen LogP contribution in [0, 0.1) is 5.82 Å². The van der Waals surface area contributed by atoms with Gasteiger partial charge in [0.15, 0.2) is 0 Å². The Morgan fingerprint density at radius 3 is 2.26 bits per heavy atom. The molecule has 0 aromatic heterocycles. The zero-order valence-corrected chi connectivity index (χ0v) is 22.1. The number of nitrogens with one attached hydrogen (secondary N) is 1. The SMILES string of the molecule is CC[C@H](C)NC(=O)[C@@H](C)N(Cc1cccc(Cl)c1)C(=O)CN(c1ccc(F)cc1)S(=O)(=O)N(C)C. The summed E-state index contributed by atoms with van der Waals surface area (Å²) in [5.41, 5.74) is 0.797. The van der Waals surface area contributed by atoms with Gasteiger partial charge < -0.3 is 10.2 Å². The molecule has 1 N–H and O–H groups in total. The van der Waals surface area contributed by atoms with E-state index < -0.39 is 34.5 Å². The van der Waals surface area contributed by atoms with E-state index in [0.29, 0.717) is 17.0 Å². The molecule has 2 aromatic rings. The van der Waals surface area contributed by atoms with E-state index in [2.05, 4.69) is 5.32 Å². The first-order chi connectivity index (χ1) is 16.4. The number of halogens is 2. The lowest BCUT2D eigenvalue weighted by atomic mass is 10.1. The van der Waals surface area contributed by atoms with Crippen LogP contribution < -0.4 is 9.62 Å². The van der Waals surface area contributed by atoms with Crippen molar-refractivity contribution in [3.8, 4) is 0 Å². The summed E-state index contributed by atoms with van der Waals surface area (Å²) in [5, 5.41) is 3.33. The van der Waals surface area contributed by atoms with Crippen LogP contribution in [0.1, 0.15) is 32.8 Å². The average Bonchev–Trinajstić information content (AvgIpc) is 2.80. The molecule has 0 bridgehead atoms. The fraction of sp³-hybridized carbons (Fsp3) is 0.417.